The van der Waals surface area contributed by atoms with Gasteiger partial charge in [0.25, 0.3) is 0 Å². The first-order valence-corrected chi connectivity index (χ1v) is 9.28. The molecule has 0 aliphatic rings. The van der Waals surface area contributed by atoms with Crippen LogP contribution in [0.5, 0.6) is 11.5 Å². The predicted molar refractivity (Wildman–Crippen MR) is 111 cm³/mol. The van der Waals surface area contributed by atoms with E-state index in [1.54, 1.807) is 25.1 Å². The van der Waals surface area contributed by atoms with Crippen molar-refractivity contribution in [3.05, 3.63) is 65.7 Å². The molecule has 160 valence electrons. The van der Waals surface area contributed by atoms with Crippen LogP contribution in [0.4, 0.5) is 10.5 Å². The summed E-state index contributed by atoms with van der Waals surface area (Å²) in [7, 11) is 1.41. The first-order valence-electron chi connectivity index (χ1n) is 9.28. The maximum atomic E-state index is 12.5. The number of carbonyl (C=O) groups excluding carboxylic acids is 1. The molecule has 0 heterocycles. The van der Waals surface area contributed by atoms with Gasteiger partial charge in [-0.05, 0) is 49.8 Å². The third-order valence-electron chi connectivity index (χ3n) is 4.15. The van der Waals surface area contributed by atoms with Gasteiger partial charge < -0.3 is 24.4 Å². The number of nitrogens with one attached hydrogen (secondary N) is 1. The molecule has 0 fully saturated rings. The number of benzene rings is 2. The van der Waals surface area contributed by atoms with Crippen molar-refractivity contribution in [2.24, 2.45) is 0 Å². The highest BCUT2D eigenvalue weighted by Gasteiger charge is 2.27. The standard InChI is InChI=1S/C22H25NO7/c1-4-29-19(11-12-20(25)26)21(15-7-10-18(28-3)17(24)13-15)30-22(27)23-16-8-5-14(2)6-9-16/h5-13,19,21,24H,4H2,1-3H3,(H,23,27)(H,25,26)/b12-11+/t19-,21-/m0/s1. The van der Waals surface area contributed by atoms with Crippen molar-refractivity contribution in [2.45, 2.75) is 26.1 Å². The van der Waals surface area contributed by atoms with Gasteiger partial charge in [-0.2, -0.15) is 0 Å². The number of anilines is 1. The number of hydrogen-bond acceptors (Lipinski definition) is 6. The molecular formula is C22H25NO7. The minimum Gasteiger partial charge on any atom is -0.504 e. The van der Waals surface area contributed by atoms with E-state index in [-0.39, 0.29) is 18.1 Å². The summed E-state index contributed by atoms with van der Waals surface area (Å²) in [4.78, 5) is 23.5. The summed E-state index contributed by atoms with van der Waals surface area (Å²) in [6, 6.07) is 11.6. The molecule has 0 aliphatic carbocycles. The molecule has 8 nitrogen and oxygen atoms in total. The fourth-order valence-corrected chi connectivity index (χ4v) is 2.72. The number of phenolic OH excluding ortho intramolecular Hbond substituents is 1. The lowest BCUT2D eigenvalue weighted by atomic mass is 10.0. The second-order valence-electron chi connectivity index (χ2n) is 6.37. The molecule has 3 N–H and O–H groups in total. The molecule has 1 amide bonds. The molecule has 2 atom stereocenters. The van der Waals surface area contributed by atoms with E-state index in [4.69, 9.17) is 19.3 Å². The van der Waals surface area contributed by atoms with Gasteiger partial charge in [0.05, 0.1) is 7.11 Å². The number of aliphatic carboxylic acids is 1. The van der Waals surface area contributed by atoms with Gasteiger partial charge in [-0.15, -0.1) is 0 Å². The maximum Gasteiger partial charge on any atom is 0.412 e. The number of phenols is 1. The summed E-state index contributed by atoms with van der Waals surface area (Å²) in [5.74, 6) is -1.07. The SMILES string of the molecule is CCO[C@@H](/C=C/C(=O)O)[C@@H](OC(=O)Nc1ccc(C)cc1)c1ccc(OC)c(O)c1. The van der Waals surface area contributed by atoms with Gasteiger partial charge in [0.1, 0.15) is 6.10 Å². The van der Waals surface area contributed by atoms with Crippen LogP contribution in [0, 0.1) is 6.92 Å². The van der Waals surface area contributed by atoms with Crippen LogP contribution in [0.3, 0.4) is 0 Å². The Kier molecular flexibility index (Phi) is 8.25. The van der Waals surface area contributed by atoms with Gasteiger partial charge in [-0.1, -0.05) is 23.8 Å². The molecule has 0 saturated heterocycles. The Morgan fingerprint density at radius 2 is 1.87 bits per heavy atom. The van der Waals surface area contributed by atoms with Crippen LogP contribution in [0.15, 0.2) is 54.6 Å². The number of ether oxygens (including phenoxy) is 3. The Labute approximate surface area is 174 Å². The van der Waals surface area contributed by atoms with E-state index in [9.17, 15) is 14.7 Å². The zero-order valence-corrected chi connectivity index (χ0v) is 17.0. The molecule has 0 aromatic heterocycles. The Hall–Kier alpha value is -3.52. The minimum absolute atomic E-state index is 0.153. The lowest BCUT2D eigenvalue weighted by molar-refractivity contribution is -0.131. The van der Waals surface area contributed by atoms with Crippen molar-refractivity contribution in [1.29, 1.82) is 0 Å². The lowest BCUT2D eigenvalue weighted by Crippen LogP contribution is -2.28. The number of methoxy groups -OCH3 is 1. The molecule has 2 aromatic rings. The van der Waals surface area contributed by atoms with E-state index in [1.165, 1.54) is 25.3 Å². The van der Waals surface area contributed by atoms with Crippen LogP contribution in [0.25, 0.3) is 0 Å². The third-order valence-corrected chi connectivity index (χ3v) is 4.15. The highest BCUT2D eigenvalue weighted by Crippen LogP contribution is 2.33. The molecule has 0 aliphatic heterocycles. The number of rotatable bonds is 9. The van der Waals surface area contributed by atoms with E-state index in [1.807, 2.05) is 19.1 Å². The van der Waals surface area contributed by atoms with Crippen molar-refractivity contribution in [1.82, 2.24) is 0 Å². The van der Waals surface area contributed by atoms with Crippen LogP contribution in [-0.2, 0) is 14.3 Å². The Morgan fingerprint density at radius 1 is 1.17 bits per heavy atom. The van der Waals surface area contributed by atoms with Crippen molar-refractivity contribution in [2.75, 3.05) is 19.0 Å². The summed E-state index contributed by atoms with van der Waals surface area (Å²) in [5.41, 5.74) is 1.98. The Morgan fingerprint density at radius 3 is 2.43 bits per heavy atom. The normalized spacial score (nSPS) is 12.9. The molecule has 0 unspecified atom stereocenters. The van der Waals surface area contributed by atoms with Crippen molar-refractivity contribution < 1.29 is 34.0 Å². The van der Waals surface area contributed by atoms with Gasteiger partial charge in [0, 0.05) is 18.4 Å². The monoisotopic (exact) mass is 415 g/mol. The summed E-state index contributed by atoms with van der Waals surface area (Å²) >= 11 is 0. The molecule has 8 heteroatoms. The van der Waals surface area contributed by atoms with E-state index in [2.05, 4.69) is 5.32 Å². The second kappa shape index (κ2) is 10.9. The zero-order valence-electron chi connectivity index (χ0n) is 17.0. The van der Waals surface area contributed by atoms with Crippen LogP contribution in [0.1, 0.15) is 24.2 Å². The summed E-state index contributed by atoms with van der Waals surface area (Å²) < 4.78 is 16.2. The summed E-state index contributed by atoms with van der Waals surface area (Å²) in [5, 5.41) is 21.7. The van der Waals surface area contributed by atoms with E-state index in [0.29, 0.717) is 11.3 Å². The van der Waals surface area contributed by atoms with Crippen molar-refractivity contribution >= 4 is 17.7 Å². The quantitative estimate of drug-likeness (QED) is 0.530. The molecule has 0 saturated carbocycles. The lowest BCUT2D eigenvalue weighted by Gasteiger charge is -2.25. The first-order chi connectivity index (χ1) is 14.3. The molecule has 0 spiro atoms. The van der Waals surface area contributed by atoms with E-state index in [0.717, 1.165) is 11.6 Å². The van der Waals surface area contributed by atoms with Gasteiger partial charge in [0.2, 0.25) is 0 Å². The Bertz CT molecular complexity index is 893. The number of aryl methyl sites for hydroxylation is 1. The molecular weight excluding hydrogens is 390 g/mol. The van der Waals surface area contributed by atoms with Gasteiger partial charge in [-0.3, -0.25) is 5.32 Å². The molecule has 30 heavy (non-hydrogen) atoms. The average molecular weight is 415 g/mol. The second-order valence-corrected chi connectivity index (χ2v) is 6.37. The summed E-state index contributed by atoms with van der Waals surface area (Å²) in [6.45, 7) is 3.91. The topological polar surface area (TPSA) is 114 Å². The maximum absolute atomic E-state index is 12.5. The number of carboxylic acid groups (broad SMARTS) is 1. The van der Waals surface area contributed by atoms with Crippen LogP contribution in [-0.4, -0.2) is 42.1 Å². The predicted octanol–water partition coefficient (Wildman–Crippen LogP) is 4.04. The fourth-order valence-electron chi connectivity index (χ4n) is 2.72. The summed E-state index contributed by atoms with van der Waals surface area (Å²) in [6.07, 6.45) is -0.479. The number of aromatic hydroxyl groups is 1. The van der Waals surface area contributed by atoms with Crippen molar-refractivity contribution in [3.8, 4) is 11.5 Å². The van der Waals surface area contributed by atoms with Crippen LogP contribution in [0.2, 0.25) is 0 Å². The van der Waals surface area contributed by atoms with Gasteiger partial charge in [-0.25, -0.2) is 9.59 Å². The fraction of sp³-hybridized carbons (Fsp3) is 0.273. The van der Waals surface area contributed by atoms with Crippen LogP contribution >= 0.6 is 0 Å². The van der Waals surface area contributed by atoms with Gasteiger partial charge >= 0.3 is 12.1 Å². The highest BCUT2D eigenvalue weighted by molar-refractivity contribution is 5.85. The zero-order chi connectivity index (χ0) is 22.1. The molecule has 2 aromatic carbocycles. The average Bonchev–Trinajstić information content (AvgIpc) is 2.71. The van der Waals surface area contributed by atoms with Crippen molar-refractivity contribution in [3.63, 3.8) is 0 Å². The third kappa shape index (κ3) is 6.52. The number of carbonyl (C=O) groups is 2. The van der Waals surface area contributed by atoms with E-state index < -0.39 is 24.3 Å². The molecule has 2 rings (SSSR count). The molecule has 0 bridgehead atoms. The van der Waals surface area contributed by atoms with Gasteiger partial charge in [0.15, 0.2) is 17.6 Å². The molecule has 0 radical (unpaired) electrons. The highest BCUT2D eigenvalue weighted by atomic mass is 16.6. The number of carboxylic acids is 1. The number of hydrogen-bond donors (Lipinski definition) is 3. The van der Waals surface area contributed by atoms with Crippen LogP contribution < -0.4 is 10.1 Å². The minimum atomic E-state index is -1.17. The smallest absolute Gasteiger partial charge is 0.412 e. The number of amides is 1. The first kappa shape index (κ1) is 22.8. The largest absolute Gasteiger partial charge is 0.504 e. The van der Waals surface area contributed by atoms with E-state index >= 15 is 0 Å². The Balaban J connectivity index is 2.33.